The number of amides is 1. The zero-order chi connectivity index (χ0) is 14.8. The summed E-state index contributed by atoms with van der Waals surface area (Å²) in [4.78, 5) is 19.9. The molecule has 0 saturated heterocycles. The first-order valence-electron chi connectivity index (χ1n) is 6.47. The third-order valence-electron chi connectivity index (χ3n) is 2.99. The zero-order valence-corrected chi connectivity index (χ0v) is 10.9. The van der Waals surface area contributed by atoms with Crippen LogP contribution in [0.4, 0.5) is 20.3 Å². The minimum Gasteiger partial charge on any atom is -0.366 e. The maximum absolute atomic E-state index is 13.4. The molecule has 21 heavy (non-hydrogen) atoms. The Labute approximate surface area is 119 Å². The smallest absolute Gasteiger partial charge is 0.275 e. The van der Waals surface area contributed by atoms with Crippen LogP contribution in [0.1, 0.15) is 23.3 Å². The minimum atomic E-state index is -0.844. The lowest BCUT2D eigenvalue weighted by Gasteiger charge is -2.07. The number of aromatic nitrogens is 2. The quantitative estimate of drug-likeness (QED) is 0.908. The summed E-state index contributed by atoms with van der Waals surface area (Å²) < 4.78 is 26.2. The molecule has 1 fully saturated rings. The molecular formula is C14H12F2N4O. The number of hydrogen-bond acceptors (Lipinski definition) is 4. The average Bonchev–Trinajstić information content (AvgIpc) is 3.26. The average molecular weight is 290 g/mol. The minimum absolute atomic E-state index is 0.0556. The van der Waals surface area contributed by atoms with Crippen molar-refractivity contribution >= 4 is 17.4 Å². The van der Waals surface area contributed by atoms with Crippen molar-refractivity contribution in [3.05, 3.63) is 47.9 Å². The van der Waals surface area contributed by atoms with Gasteiger partial charge in [-0.1, -0.05) is 0 Å². The largest absolute Gasteiger partial charge is 0.366 e. The number of halogens is 2. The molecule has 108 valence electrons. The van der Waals surface area contributed by atoms with Crippen LogP contribution in [0, 0.1) is 11.6 Å². The summed E-state index contributed by atoms with van der Waals surface area (Å²) in [5, 5.41) is 5.46. The Bertz CT molecular complexity index is 671. The Kier molecular flexibility index (Phi) is 3.47. The van der Waals surface area contributed by atoms with Gasteiger partial charge in [-0.15, -0.1) is 0 Å². The lowest BCUT2D eigenvalue weighted by atomic mass is 10.3. The normalized spacial score (nSPS) is 13.8. The van der Waals surface area contributed by atoms with Crippen molar-refractivity contribution in [2.24, 2.45) is 0 Å². The van der Waals surface area contributed by atoms with Gasteiger partial charge in [0.2, 0.25) is 0 Å². The SMILES string of the molecule is O=C(Nc1ccc(F)cc1F)c1cnc(NC2CC2)cn1. The molecular weight excluding hydrogens is 278 g/mol. The van der Waals surface area contributed by atoms with E-state index in [-0.39, 0.29) is 11.4 Å². The Hall–Kier alpha value is -2.57. The number of nitrogens with zero attached hydrogens (tertiary/aromatic N) is 2. The summed E-state index contributed by atoms with van der Waals surface area (Å²) in [5.41, 5.74) is -0.0524. The molecule has 1 heterocycles. The van der Waals surface area contributed by atoms with Crippen molar-refractivity contribution in [2.45, 2.75) is 18.9 Å². The molecule has 0 spiro atoms. The predicted molar refractivity (Wildman–Crippen MR) is 73.0 cm³/mol. The number of rotatable bonds is 4. The molecule has 1 aromatic carbocycles. The van der Waals surface area contributed by atoms with E-state index in [1.54, 1.807) is 0 Å². The van der Waals surface area contributed by atoms with Gasteiger partial charge in [0.15, 0.2) is 0 Å². The first-order valence-corrected chi connectivity index (χ1v) is 6.47. The highest BCUT2D eigenvalue weighted by molar-refractivity contribution is 6.02. The number of nitrogens with one attached hydrogen (secondary N) is 2. The van der Waals surface area contributed by atoms with Crippen molar-refractivity contribution in [1.29, 1.82) is 0 Å². The van der Waals surface area contributed by atoms with E-state index in [1.807, 2.05) is 0 Å². The van der Waals surface area contributed by atoms with E-state index in [1.165, 1.54) is 12.4 Å². The maximum atomic E-state index is 13.4. The standard InChI is InChI=1S/C14H12F2N4O/c15-8-1-4-11(10(16)5-8)20-14(21)12-6-18-13(7-17-12)19-9-2-3-9/h1,4-7,9H,2-3H2,(H,18,19)(H,20,21). The van der Waals surface area contributed by atoms with E-state index in [2.05, 4.69) is 20.6 Å². The highest BCUT2D eigenvalue weighted by Crippen LogP contribution is 2.23. The van der Waals surface area contributed by atoms with Gasteiger partial charge in [-0.25, -0.2) is 18.7 Å². The van der Waals surface area contributed by atoms with Gasteiger partial charge in [0.1, 0.15) is 23.1 Å². The van der Waals surface area contributed by atoms with E-state index in [4.69, 9.17) is 0 Å². The molecule has 7 heteroatoms. The number of benzene rings is 1. The van der Waals surface area contributed by atoms with Crippen LogP contribution in [0.3, 0.4) is 0 Å². The van der Waals surface area contributed by atoms with Gasteiger partial charge >= 0.3 is 0 Å². The predicted octanol–water partition coefficient (Wildman–Crippen LogP) is 2.58. The van der Waals surface area contributed by atoms with Gasteiger partial charge in [0, 0.05) is 12.1 Å². The van der Waals surface area contributed by atoms with Crippen LogP contribution < -0.4 is 10.6 Å². The van der Waals surface area contributed by atoms with Gasteiger partial charge in [0.25, 0.3) is 5.91 Å². The molecule has 0 atom stereocenters. The van der Waals surface area contributed by atoms with Crippen LogP contribution in [0.5, 0.6) is 0 Å². The Morgan fingerprint density at radius 3 is 2.62 bits per heavy atom. The highest BCUT2D eigenvalue weighted by atomic mass is 19.1. The molecule has 1 saturated carbocycles. The first kappa shape index (κ1) is 13.4. The summed E-state index contributed by atoms with van der Waals surface area (Å²) in [6, 6.07) is 3.35. The summed E-state index contributed by atoms with van der Waals surface area (Å²) in [5.74, 6) is -1.56. The second kappa shape index (κ2) is 5.43. The molecule has 2 aromatic rings. The van der Waals surface area contributed by atoms with E-state index in [0.717, 1.165) is 25.0 Å². The van der Waals surface area contributed by atoms with E-state index < -0.39 is 17.5 Å². The van der Waals surface area contributed by atoms with Crippen LogP contribution in [-0.4, -0.2) is 21.9 Å². The van der Waals surface area contributed by atoms with Gasteiger partial charge in [-0.05, 0) is 25.0 Å². The third kappa shape index (κ3) is 3.31. The zero-order valence-electron chi connectivity index (χ0n) is 10.9. The summed E-state index contributed by atoms with van der Waals surface area (Å²) in [7, 11) is 0. The number of carbonyl (C=O) groups excluding carboxylic acids is 1. The Morgan fingerprint density at radius 1 is 1.19 bits per heavy atom. The van der Waals surface area contributed by atoms with Gasteiger partial charge < -0.3 is 10.6 Å². The fourth-order valence-corrected chi connectivity index (χ4v) is 1.73. The molecule has 1 aliphatic carbocycles. The molecule has 0 radical (unpaired) electrons. The van der Waals surface area contributed by atoms with Gasteiger partial charge in [0.05, 0.1) is 18.1 Å². The second-order valence-corrected chi connectivity index (χ2v) is 4.78. The molecule has 0 bridgehead atoms. The lowest BCUT2D eigenvalue weighted by Crippen LogP contribution is -2.15. The Morgan fingerprint density at radius 2 is 2.00 bits per heavy atom. The van der Waals surface area contributed by atoms with Gasteiger partial charge in [-0.2, -0.15) is 0 Å². The number of hydrogen-bond donors (Lipinski definition) is 2. The topological polar surface area (TPSA) is 66.9 Å². The van der Waals surface area contributed by atoms with Crippen LogP contribution >= 0.6 is 0 Å². The number of carbonyl (C=O) groups is 1. The fraction of sp³-hybridized carbons (Fsp3) is 0.214. The van der Waals surface area contributed by atoms with Crippen molar-refractivity contribution in [2.75, 3.05) is 10.6 Å². The molecule has 1 aromatic heterocycles. The molecule has 0 aliphatic heterocycles. The van der Waals surface area contributed by atoms with Crippen LogP contribution in [-0.2, 0) is 0 Å². The fourth-order valence-electron chi connectivity index (χ4n) is 1.73. The molecule has 1 aliphatic rings. The van der Waals surface area contributed by atoms with Crippen molar-refractivity contribution in [3.8, 4) is 0 Å². The first-order chi connectivity index (χ1) is 10.1. The molecule has 2 N–H and O–H groups in total. The summed E-state index contributed by atoms with van der Waals surface area (Å²) in [6.07, 6.45) is 4.97. The van der Waals surface area contributed by atoms with E-state index in [0.29, 0.717) is 17.9 Å². The van der Waals surface area contributed by atoms with Crippen LogP contribution in [0.2, 0.25) is 0 Å². The van der Waals surface area contributed by atoms with Crippen LogP contribution in [0.25, 0.3) is 0 Å². The highest BCUT2D eigenvalue weighted by Gasteiger charge is 2.21. The molecule has 3 rings (SSSR count). The van der Waals surface area contributed by atoms with Crippen molar-refractivity contribution in [3.63, 3.8) is 0 Å². The van der Waals surface area contributed by atoms with E-state index in [9.17, 15) is 13.6 Å². The van der Waals surface area contributed by atoms with Gasteiger partial charge in [-0.3, -0.25) is 4.79 Å². The second-order valence-electron chi connectivity index (χ2n) is 4.78. The summed E-state index contributed by atoms with van der Waals surface area (Å²) in [6.45, 7) is 0. The van der Waals surface area contributed by atoms with Crippen LogP contribution in [0.15, 0.2) is 30.6 Å². The molecule has 0 unspecified atom stereocenters. The monoisotopic (exact) mass is 290 g/mol. The van der Waals surface area contributed by atoms with E-state index >= 15 is 0 Å². The third-order valence-corrected chi connectivity index (χ3v) is 2.99. The Balaban J connectivity index is 1.69. The molecule has 1 amide bonds. The summed E-state index contributed by atoms with van der Waals surface area (Å²) >= 11 is 0. The lowest BCUT2D eigenvalue weighted by molar-refractivity contribution is 0.102. The maximum Gasteiger partial charge on any atom is 0.275 e. The molecule has 5 nitrogen and oxygen atoms in total. The van der Waals surface area contributed by atoms with Crippen molar-refractivity contribution < 1.29 is 13.6 Å². The number of anilines is 2. The van der Waals surface area contributed by atoms with Crippen molar-refractivity contribution in [1.82, 2.24) is 9.97 Å².